The van der Waals surface area contributed by atoms with Gasteiger partial charge in [-0.1, -0.05) is 6.92 Å². The number of thiophene rings is 1. The van der Waals surface area contributed by atoms with Crippen molar-refractivity contribution in [2.45, 2.75) is 26.3 Å². The Hall–Kier alpha value is -1.52. The first kappa shape index (κ1) is 12.9. The third-order valence-electron chi connectivity index (χ3n) is 2.75. The largest absolute Gasteiger partial charge is 0.325 e. The van der Waals surface area contributed by atoms with Gasteiger partial charge >= 0.3 is 0 Å². The Morgan fingerprint density at radius 3 is 2.78 bits per heavy atom. The molecule has 0 bridgehead atoms. The highest BCUT2D eigenvalue weighted by atomic mass is 32.1. The molecule has 0 aromatic carbocycles. The summed E-state index contributed by atoms with van der Waals surface area (Å²) >= 11 is 1.70. The number of aromatic nitrogens is 1. The van der Waals surface area contributed by atoms with Crippen molar-refractivity contribution in [3.63, 3.8) is 0 Å². The van der Waals surface area contributed by atoms with Crippen LogP contribution in [0.3, 0.4) is 0 Å². The number of rotatable bonds is 5. The van der Waals surface area contributed by atoms with E-state index in [1.807, 2.05) is 6.07 Å². The van der Waals surface area contributed by atoms with E-state index in [1.165, 1.54) is 4.88 Å². The van der Waals surface area contributed by atoms with Gasteiger partial charge in [-0.3, -0.25) is 9.78 Å². The number of carbonyl (C=O) groups is 1. The second-order valence-corrected chi connectivity index (χ2v) is 5.31. The summed E-state index contributed by atoms with van der Waals surface area (Å²) < 4.78 is 0. The molecule has 0 aliphatic carbocycles. The summed E-state index contributed by atoms with van der Waals surface area (Å²) in [5.41, 5.74) is 6.96. The summed E-state index contributed by atoms with van der Waals surface area (Å²) in [4.78, 5) is 18.6. The zero-order chi connectivity index (χ0) is 13.0. The molecule has 18 heavy (non-hydrogen) atoms. The van der Waals surface area contributed by atoms with E-state index in [1.54, 1.807) is 29.7 Å². The molecule has 0 saturated carbocycles. The molecule has 0 fully saturated rings. The van der Waals surface area contributed by atoms with Crippen LogP contribution < -0.4 is 5.73 Å². The monoisotopic (exact) mass is 260 g/mol. The van der Waals surface area contributed by atoms with Gasteiger partial charge in [0.05, 0.1) is 5.69 Å². The molecule has 0 radical (unpaired) electrons. The second kappa shape index (κ2) is 5.89. The van der Waals surface area contributed by atoms with E-state index in [4.69, 9.17) is 5.73 Å². The molecule has 2 heterocycles. The molecule has 2 N–H and O–H groups in total. The number of nitrogens with zero attached hydrogens (tertiary/aromatic N) is 1. The molecule has 0 saturated heterocycles. The molecule has 0 atom stereocenters. The highest BCUT2D eigenvalue weighted by molar-refractivity contribution is 7.12. The number of Topliss-reactive ketones (excluding diaryl/α,β-unsaturated/α-hetero) is 1. The minimum atomic E-state index is 0.122. The van der Waals surface area contributed by atoms with Crippen LogP contribution in [-0.4, -0.2) is 10.8 Å². The summed E-state index contributed by atoms with van der Waals surface area (Å²) in [6.07, 6.45) is 3.12. The molecule has 0 aliphatic rings. The molecule has 0 aliphatic heterocycles. The maximum atomic E-state index is 12.1. The van der Waals surface area contributed by atoms with Crippen molar-refractivity contribution < 1.29 is 4.79 Å². The Labute approximate surface area is 111 Å². The number of aryl methyl sites for hydroxylation is 1. The maximum Gasteiger partial charge on any atom is 0.168 e. The van der Waals surface area contributed by atoms with Gasteiger partial charge in [0, 0.05) is 34.5 Å². The number of hydrogen-bond donors (Lipinski definition) is 1. The van der Waals surface area contributed by atoms with Crippen LogP contribution in [0.5, 0.6) is 0 Å². The van der Waals surface area contributed by atoms with Crippen molar-refractivity contribution in [1.29, 1.82) is 0 Å². The van der Waals surface area contributed by atoms with E-state index in [-0.39, 0.29) is 5.78 Å². The Morgan fingerprint density at radius 1 is 1.33 bits per heavy atom. The van der Waals surface area contributed by atoms with Gasteiger partial charge in [0.15, 0.2) is 5.78 Å². The average molecular weight is 260 g/mol. The zero-order valence-corrected chi connectivity index (χ0v) is 11.2. The lowest BCUT2D eigenvalue weighted by Gasteiger charge is -2.01. The Kier molecular flexibility index (Phi) is 4.23. The lowest BCUT2D eigenvalue weighted by Crippen LogP contribution is -2.06. The molecule has 3 nitrogen and oxygen atoms in total. The van der Waals surface area contributed by atoms with Crippen LogP contribution in [-0.2, 0) is 19.4 Å². The quantitative estimate of drug-likeness (QED) is 0.841. The van der Waals surface area contributed by atoms with Gasteiger partial charge < -0.3 is 5.73 Å². The topological polar surface area (TPSA) is 56.0 Å². The number of hydrogen-bond acceptors (Lipinski definition) is 4. The van der Waals surface area contributed by atoms with Gasteiger partial charge in [0.1, 0.15) is 0 Å². The fourth-order valence-corrected chi connectivity index (χ4v) is 2.69. The number of nitrogens with two attached hydrogens (primary N) is 1. The number of pyridine rings is 1. The predicted molar refractivity (Wildman–Crippen MR) is 73.9 cm³/mol. The third kappa shape index (κ3) is 3.03. The van der Waals surface area contributed by atoms with Crippen molar-refractivity contribution in [3.05, 3.63) is 51.5 Å². The molecule has 0 unspecified atom stereocenters. The van der Waals surface area contributed by atoms with E-state index in [0.717, 1.165) is 17.0 Å². The smallest absolute Gasteiger partial charge is 0.168 e. The molecule has 0 amide bonds. The van der Waals surface area contributed by atoms with Crippen molar-refractivity contribution >= 4 is 17.1 Å². The van der Waals surface area contributed by atoms with E-state index >= 15 is 0 Å². The first-order valence-corrected chi connectivity index (χ1v) is 6.80. The van der Waals surface area contributed by atoms with Crippen LogP contribution in [0.2, 0.25) is 0 Å². The van der Waals surface area contributed by atoms with E-state index < -0.39 is 0 Å². The molecule has 94 valence electrons. The highest BCUT2D eigenvalue weighted by Crippen LogP contribution is 2.19. The van der Waals surface area contributed by atoms with Gasteiger partial charge in [-0.05, 0) is 30.7 Å². The summed E-state index contributed by atoms with van der Waals surface area (Å²) in [5, 5.41) is 0. The Morgan fingerprint density at radius 2 is 2.11 bits per heavy atom. The molecule has 4 heteroatoms. The van der Waals surface area contributed by atoms with Crippen molar-refractivity contribution in [2.24, 2.45) is 5.73 Å². The fraction of sp³-hybridized carbons (Fsp3) is 0.286. The summed E-state index contributed by atoms with van der Waals surface area (Å²) in [5.74, 6) is 0.122. The standard InChI is InChI=1S/C14H16N2OS/c1-2-12-3-4-13(18-12)8-14(17)10-5-6-16-11(7-10)9-15/h3-7H,2,8-9,15H2,1H3. The lowest BCUT2D eigenvalue weighted by molar-refractivity contribution is 0.0993. The Balaban J connectivity index is 2.11. The van der Waals surface area contributed by atoms with Crippen LogP contribution in [0, 0.1) is 0 Å². The van der Waals surface area contributed by atoms with Crippen LogP contribution in [0.4, 0.5) is 0 Å². The molecular weight excluding hydrogens is 244 g/mol. The lowest BCUT2D eigenvalue weighted by atomic mass is 10.1. The molecule has 0 spiro atoms. The summed E-state index contributed by atoms with van der Waals surface area (Å²) in [6.45, 7) is 2.48. The zero-order valence-electron chi connectivity index (χ0n) is 10.3. The summed E-state index contributed by atoms with van der Waals surface area (Å²) in [6, 6.07) is 7.64. The van der Waals surface area contributed by atoms with E-state index in [9.17, 15) is 4.79 Å². The summed E-state index contributed by atoms with van der Waals surface area (Å²) in [7, 11) is 0. The SMILES string of the molecule is CCc1ccc(CC(=O)c2ccnc(CN)c2)s1. The fourth-order valence-electron chi connectivity index (χ4n) is 1.73. The van der Waals surface area contributed by atoms with Crippen LogP contribution in [0.1, 0.15) is 32.7 Å². The van der Waals surface area contributed by atoms with Gasteiger partial charge in [-0.25, -0.2) is 0 Å². The Bertz CT molecular complexity index is 548. The second-order valence-electron chi connectivity index (χ2n) is 4.06. The first-order valence-electron chi connectivity index (χ1n) is 5.98. The van der Waals surface area contributed by atoms with Gasteiger partial charge in [0.2, 0.25) is 0 Å². The third-order valence-corrected chi connectivity index (χ3v) is 3.98. The number of carbonyl (C=O) groups excluding carboxylic acids is 1. The van der Waals surface area contributed by atoms with Crippen molar-refractivity contribution in [2.75, 3.05) is 0 Å². The minimum Gasteiger partial charge on any atom is -0.325 e. The molecular formula is C14H16N2OS. The molecule has 2 aromatic rings. The minimum absolute atomic E-state index is 0.122. The molecule has 2 rings (SSSR count). The van der Waals surface area contributed by atoms with Gasteiger partial charge in [-0.2, -0.15) is 0 Å². The van der Waals surface area contributed by atoms with Gasteiger partial charge in [0.25, 0.3) is 0 Å². The predicted octanol–water partition coefficient (Wildman–Crippen LogP) is 2.59. The van der Waals surface area contributed by atoms with Crippen LogP contribution in [0.25, 0.3) is 0 Å². The van der Waals surface area contributed by atoms with Gasteiger partial charge in [-0.15, -0.1) is 11.3 Å². The maximum absolute atomic E-state index is 12.1. The van der Waals surface area contributed by atoms with Crippen LogP contribution >= 0.6 is 11.3 Å². The van der Waals surface area contributed by atoms with E-state index in [2.05, 4.69) is 18.0 Å². The molecule has 2 aromatic heterocycles. The van der Waals surface area contributed by atoms with Crippen molar-refractivity contribution in [3.8, 4) is 0 Å². The van der Waals surface area contributed by atoms with Crippen molar-refractivity contribution in [1.82, 2.24) is 4.98 Å². The van der Waals surface area contributed by atoms with Crippen LogP contribution in [0.15, 0.2) is 30.5 Å². The highest BCUT2D eigenvalue weighted by Gasteiger charge is 2.09. The first-order chi connectivity index (χ1) is 8.72. The number of ketones is 1. The average Bonchev–Trinajstić information content (AvgIpc) is 2.86. The normalized spacial score (nSPS) is 10.6. The van der Waals surface area contributed by atoms with E-state index in [0.29, 0.717) is 18.5 Å².